The van der Waals surface area contributed by atoms with Crippen LogP contribution in [0.15, 0.2) is 60.0 Å². The quantitative estimate of drug-likeness (QED) is 0.160. The van der Waals surface area contributed by atoms with Crippen molar-refractivity contribution < 1.29 is 19.1 Å². The van der Waals surface area contributed by atoms with Gasteiger partial charge in [-0.3, -0.25) is 14.5 Å². The Morgan fingerprint density at radius 3 is 2.45 bits per heavy atom. The second kappa shape index (κ2) is 20.2. The van der Waals surface area contributed by atoms with Crippen LogP contribution in [0.4, 0.5) is 4.79 Å². The largest absolute Gasteiger partial charge is 0.415 e. The summed E-state index contributed by atoms with van der Waals surface area (Å²) < 4.78 is 5.80. The van der Waals surface area contributed by atoms with Crippen molar-refractivity contribution >= 4 is 40.8 Å². The van der Waals surface area contributed by atoms with Crippen LogP contribution in [0.25, 0.3) is 0 Å². The number of hydrogen-bond donors (Lipinski definition) is 2. The van der Waals surface area contributed by atoms with Crippen LogP contribution in [0.2, 0.25) is 5.02 Å². The second-order valence-corrected chi connectivity index (χ2v) is 18.7. The van der Waals surface area contributed by atoms with E-state index in [1.54, 1.807) is 22.3 Å². The van der Waals surface area contributed by atoms with Gasteiger partial charge in [-0.2, -0.15) is 0 Å². The average Bonchev–Trinajstić information content (AvgIpc) is 3.92. The molecule has 3 aliphatic heterocycles. The van der Waals surface area contributed by atoms with Gasteiger partial charge in [0.1, 0.15) is 6.04 Å². The number of piperazine rings is 1. The smallest absolute Gasteiger partial charge is 0.409 e. The lowest BCUT2D eigenvalue weighted by Crippen LogP contribution is -2.64. The number of amides is 3. The average molecular weight is 832 g/mol. The zero-order valence-electron chi connectivity index (χ0n) is 34.6. The first-order valence-corrected chi connectivity index (χ1v) is 23.0. The summed E-state index contributed by atoms with van der Waals surface area (Å²) in [6, 6.07) is 17.3. The van der Waals surface area contributed by atoms with Gasteiger partial charge in [0.05, 0.1) is 24.2 Å². The summed E-state index contributed by atoms with van der Waals surface area (Å²) in [7, 11) is 0. The van der Waals surface area contributed by atoms with Crippen molar-refractivity contribution in [1.82, 2.24) is 30.2 Å². The molecule has 4 fully saturated rings. The summed E-state index contributed by atoms with van der Waals surface area (Å²) in [5.41, 5.74) is 3.58. The zero-order valence-corrected chi connectivity index (χ0v) is 36.1. The third kappa shape index (κ3) is 11.0. The van der Waals surface area contributed by atoms with Crippen molar-refractivity contribution in [2.45, 2.75) is 116 Å². The molecule has 4 aliphatic rings. The lowest BCUT2D eigenvalue weighted by atomic mass is 9.72. The molecule has 0 radical (unpaired) electrons. The number of benzene rings is 2. The minimum absolute atomic E-state index is 0.0381. The van der Waals surface area contributed by atoms with Crippen molar-refractivity contribution in [2.24, 2.45) is 5.41 Å². The lowest BCUT2D eigenvalue weighted by Gasteiger charge is -2.43. The van der Waals surface area contributed by atoms with Gasteiger partial charge in [-0.05, 0) is 137 Å². The third-order valence-corrected chi connectivity index (χ3v) is 14.6. The molecule has 1 aliphatic carbocycles. The number of thiophene rings is 1. The highest BCUT2D eigenvalue weighted by Gasteiger charge is 2.43. The van der Waals surface area contributed by atoms with Gasteiger partial charge in [0, 0.05) is 37.1 Å². The molecule has 1 spiro atoms. The van der Waals surface area contributed by atoms with Crippen LogP contribution >= 0.6 is 22.9 Å². The number of likely N-dealkylation sites (tertiary alicyclic amines) is 2. The van der Waals surface area contributed by atoms with Crippen molar-refractivity contribution in [3.8, 4) is 5.75 Å². The summed E-state index contributed by atoms with van der Waals surface area (Å²) in [4.78, 5) is 52.1. The van der Waals surface area contributed by atoms with Crippen LogP contribution in [-0.2, 0) is 22.7 Å². The van der Waals surface area contributed by atoms with Gasteiger partial charge in [-0.25, -0.2) is 4.79 Å². The van der Waals surface area contributed by atoms with E-state index in [2.05, 4.69) is 50.8 Å². The number of unbranched alkanes of at least 4 members (excludes halogenated alkanes) is 1. The highest BCUT2D eigenvalue weighted by atomic mass is 35.5. The Morgan fingerprint density at radius 2 is 1.69 bits per heavy atom. The van der Waals surface area contributed by atoms with Crippen LogP contribution < -0.4 is 15.4 Å². The van der Waals surface area contributed by atoms with Crippen LogP contribution in [0.3, 0.4) is 0 Å². The molecule has 58 heavy (non-hydrogen) atoms. The summed E-state index contributed by atoms with van der Waals surface area (Å²) in [6.45, 7) is 11.4. The van der Waals surface area contributed by atoms with Gasteiger partial charge in [-0.15, -0.1) is 11.3 Å². The first kappa shape index (κ1) is 42.6. The topological polar surface area (TPSA) is 97.5 Å². The van der Waals surface area contributed by atoms with Crippen molar-refractivity contribution in [3.05, 3.63) is 86.6 Å². The highest BCUT2D eigenvalue weighted by molar-refractivity contribution is 7.09. The SMILES string of the molecule is Cc1ccc(OC(=O)N2CCN(C(=O)[C@@H](CCCCN3CCCCC3)NC3CCC4(CC3)CCN(Cc3ccccc3)C4)[C@H](C(=O)NCc3cccs3)C2)c(Cl)c1C. The Kier molecular flexibility index (Phi) is 14.8. The number of halogens is 1. The van der Waals surface area contributed by atoms with Crippen molar-refractivity contribution in [3.63, 3.8) is 0 Å². The lowest BCUT2D eigenvalue weighted by molar-refractivity contribution is -0.145. The molecule has 7 rings (SSSR count). The first-order valence-electron chi connectivity index (χ1n) is 21.7. The number of carbonyl (C=O) groups is 3. The predicted octanol–water partition coefficient (Wildman–Crippen LogP) is 7.80. The van der Waals surface area contributed by atoms with Crippen LogP contribution in [0, 0.1) is 19.3 Å². The first-order chi connectivity index (χ1) is 28.2. The maximum Gasteiger partial charge on any atom is 0.415 e. The Hall–Kier alpha value is -3.48. The molecular weight excluding hydrogens is 768 g/mol. The van der Waals surface area contributed by atoms with E-state index in [0.717, 1.165) is 100 Å². The van der Waals surface area contributed by atoms with E-state index in [1.165, 1.54) is 36.1 Å². The normalized spacial score (nSPS) is 23.6. The minimum Gasteiger partial charge on any atom is -0.409 e. The number of piperidine rings is 1. The molecule has 2 N–H and O–H groups in total. The summed E-state index contributed by atoms with van der Waals surface area (Å²) in [5.74, 6) is -0.0283. The molecule has 3 amide bonds. The molecular formula is C46H63ClN6O4S. The Labute approximate surface area is 354 Å². The number of rotatable bonds is 14. The van der Waals surface area contributed by atoms with Gasteiger partial charge in [0.15, 0.2) is 5.75 Å². The monoisotopic (exact) mass is 830 g/mol. The van der Waals surface area contributed by atoms with Gasteiger partial charge in [0.2, 0.25) is 11.8 Å². The summed E-state index contributed by atoms with van der Waals surface area (Å²) in [6.07, 6.45) is 11.6. The number of ether oxygens (including phenoxy) is 1. The van der Waals surface area contributed by atoms with Crippen molar-refractivity contribution in [1.29, 1.82) is 0 Å². The van der Waals surface area contributed by atoms with Crippen LogP contribution in [-0.4, -0.2) is 108 Å². The molecule has 1 aromatic heterocycles. The van der Waals surface area contributed by atoms with E-state index in [4.69, 9.17) is 16.3 Å². The number of hydrogen-bond acceptors (Lipinski definition) is 8. The summed E-state index contributed by atoms with van der Waals surface area (Å²) in [5, 5.41) is 9.33. The molecule has 3 saturated heterocycles. The maximum absolute atomic E-state index is 14.9. The Bertz CT molecular complexity index is 1810. The van der Waals surface area contributed by atoms with E-state index >= 15 is 0 Å². The molecule has 10 nitrogen and oxygen atoms in total. The number of aryl methyl sites for hydroxylation is 1. The van der Waals surface area contributed by atoms with E-state index in [0.29, 0.717) is 17.0 Å². The third-order valence-electron chi connectivity index (χ3n) is 13.3. The summed E-state index contributed by atoms with van der Waals surface area (Å²) >= 11 is 8.15. The Balaban J connectivity index is 1.03. The fraction of sp³-hybridized carbons (Fsp3) is 0.587. The number of nitrogens with one attached hydrogen (secondary N) is 2. The molecule has 2 aromatic carbocycles. The number of nitrogens with zero attached hydrogens (tertiary/aromatic N) is 4. The van der Waals surface area contributed by atoms with Gasteiger partial charge < -0.3 is 30.1 Å². The van der Waals surface area contributed by atoms with E-state index in [1.807, 2.05) is 37.4 Å². The molecule has 3 aromatic rings. The van der Waals surface area contributed by atoms with Gasteiger partial charge >= 0.3 is 6.09 Å². The fourth-order valence-electron chi connectivity index (χ4n) is 9.58. The predicted molar refractivity (Wildman–Crippen MR) is 232 cm³/mol. The van der Waals surface area contributed by atoms with Crippen molar-refractivity contribution in [2.75, 3.05) is 52.4 Å². The Morgan fingerprint density at radius 1 is 0.897 bits per heavy atom. The minimum atomic E-state index is -0.856. The van der Waals surface area contributed by atoms with E-state index in [9.17, 15) is 14.4 Å². The maximum atomic E-state index is 14.9. The molecule has 12 heteroatoms. The highest BCUT2D eigenvalue weighted by Crippen LogP contribution is 2.44. The number of carbonyl (C=O) groups excluding carboxylic acids is 3. The standard InChI is InChI=1S/C46H63ClN6O4S/c1-34-16-17-41(42(47)35(34)2)57-45(56)52-27-28-53(40(32-52)43(54)48-30-38-14-11-29-58-38)44(55)39(15-7-10-25-50-23-8-4-9-24-50)49-37-18-20-46(21-19-37)22-26-51(33-46)31-36-12-5-3-6-13-36/h3,5-6,11-14,16-17,29,37,39-40,49H,4,7-10,15,18-28,30-33H2,1-2H3,(H,48,54)/t37?,39-,40+,46?/m1/s1. The van der Waals surface area contributed by atoms with Crippen LogP contribution in [0.5, 0.6) is 5.75 Å². The van der Waals surface area contributed by atoms with Gasteiger partial charge in [-0.1, -0.05) is 66.9 Å². The van der Waals surface area contributed by atoms with Crippen LogP contribution in [0.1, 0.15) is 92.2 Å². The molecule has 4 heterocycles. The molecule has 2 atom stereocenters. The molecule has 1 saturated carbocycles. The van der Waals surface area contributed by atoms with Gasteiger partial charge in [0.25, 0.3) is 0 Å². The fourth-order valence-corrected chi connectivity index (χ4v) is 10.5. The van der Waals surface area contributed by atoms with E-state index in [-0.39, 0.29) is 43.2 Å². The van der Waals surface area contributed by atoms with E-state index < -0.39 is 18.2 Å². The molecule has 314 valence electrons. The second-order valence-electron chi connectivity index (χ2n) is 17.3. The molecule has 0 unspecified atom stereocenters. The molecule has 0 bridgehead atoms. The zero-order chi connectivity index (χ0) is 40.5.